The molecule has 0 unspecified atom stereocenters. The number of carboxylic acid groups (broad SMARTS) is 1. The van der Waals surface area contributed by atoms with Gasteiger partial charge >= 0.3 is 5.97 Å². The lowest BCUT2D eigenvalue weighted by Crippen LogP contribution is -2.69. The van der Waals surface area contributed by atoms with Gasteiger partial charge in [-0.3, -0.25) is 4.79 Å². The van der Waals surface area contributed by atoms with Crippen molar-refractivity contribution in [2.24, 2.45) is 50.2 Å². The Morgan fingerprint density at radius 2 is 1.56 bits per heavy atom. The van der Waals surface area contributed by atoms with E-state index in [2.05, 4.69) is 40.7 Å². The van der Waals surface area contributed by atoms with Crippen LogP contribution in [-0.2, 0) is 4.79 Å². The van der Waals surface area contributed by atoms with Crippen molar-refractivity contribution in [2.45, 2.75) is 111 Å². The van der Waals surface area contributed by atoms with E-state index >= 15 is 0 Å². The monoisotopic (exact) mass is 504 g/mol. The third kappa shape index (κ3) is 2.96. The summed E-state index contributed by atoms with van der Waals surface area (Å²) >= 11 is 0. The Balaban J connectivity index is 1.63. The van der Waals surface area contributed by atoms with Gasteiger partial charge in [-0.15, -0.1) is 0 Å². The number of hydrogen-bond acceptors (Lipinski definition) is 5. The normalized spacial score (nSPS) is 55.9. The zero-order valence-corrected chi connectivity index (χ0v) is 23.0. The van der Waals surface area contributed by atoms with E-state index in [-0.39, 0.29) is 46.0 Å². The molecule has 6 nitrogen and oxygen atoms in total. The summed E-state index contributed by atoms with van der Waals surface area (Å²) in [6, 6.07) is 0. The molecule has 0 aromatic rings. The second kappa shape index (κ2) is 7.80. The molecule has 4 saturated carbocycles. The SMILES string of the molecule is CC1(C)CC[C@]2(C(=O)O)CC[C@]3(C)C(=CC[C@@H]4[C@@]5(C)C[C@@H](O)[C@H](O)[C@](C)(CO)[C@@H]5CC[C@]43C)[C@@H]2[C@@H]1O. The van der Waals surface area contributed by atoms with E-state index in [1.54, 1.807) is 0 Å². The summed E-state index contributed by atoms with van der Waals surface area (Å²) in [4.78, 5) is 12.8. The van der Waals surface area contributed by atoms with Crippen LogP contribution in [0, 0.1) is 50.2 Å². The Kier molecular flexibility index (Phi) is 5.77. The average molecular weight is 505 g/mol. The molecule has 0 amide bonds. The maximum absolute atomic E-state index is 12.8. The number of aliphatic carboxylic acids is 1. The van der Waals surface area contributed by atoms with Crippen molar-refractivity contribution >= 4 is 5.97 Å². The van der Waals surface area contributed by atoms with Crippen molar-refractivity contribution in [3.8, 4) is 0 Å². The molecule has 11 atom stereocenters. The molecule has 4 fully saturated rings. The number of fused-ring (bicyclic) bond motifs is 7. The zero-order valence-electron chi connectivity index (χ0n) is 23.0. The molecule has 6 heteroatoms. The predicted molar refractivity (Wildman–Crippen MR) is 137 cm³/mol. The first-order valence-corrected chi connectivity index (χ1v) is 14.1. The Morgan fingerprint density at radius 3 is 2.17 bits per heavy atom. The number of aliphatic hydroxyl groups is 4. The van der Waals surface area contributed by atoms with Crippen molar-refractivity contribution < 1.29 is 30.3 Å². The molecule has 5 aliphatic carbocycles. The molecule has 5 rings (SSSR count). The highest BCUT2D eigenvalue weighted by Crippen LogP contribution is 2.75. The zero-order chi connectivity index (χ0) is 26.7. The van der Waals surface area contributed by atoms with Crippen molar-refractivity contribution in [1.82, 2.24) is 0 Å². The van der Waals surface area contributed by atoms with Gasteiger partial charge in [0.2, 0.25) is 0 Å². The maximum atomic E-state index is 12.8. The molecule has 0 aromatic carbocycles. The van der Waals surface area contributed by atoms with Crippen LogP contribution in [0.25, 0.3) is 0 Å². The van der Waals surface area contributed by atoms with Crippen LogP contribution in [0.2, 0.25) is 0 Å². The summed E-state index contributed by atoms with van der Waals surface area (Å²) in [6.07, 6.45) is 5.48. The Bertz CT molecular complexity index is 974. The summed E-state index contributed by atoms with van der Waals surface area (Å²) < 4.78 is 0. The summed E-state index contributed by atoms with van der Waals surface area (Å²) in [5, 5.41) is 54.5. The lowest BCUT2D eigenvalue weighted by Gasteiger charge is -2.71. The van der Waals surface area contributed by atoms with E-state index in [0.29, 0.717) is 25.7 Å². The van der Waals surface area contributed by atoms with Crippen molar-refractivity contribution in [1.29, 1.82) is 0 Å². The minimum absolute atomic E-state index is 0.0888. The molecule has 0 spiro atoms. The number of rotatable bonds is 2. The smallest absolute Gasteiger partial charge is 0.310 e. The third-order valence-corrected chi connectivity index (χ3v) is 13.4. The molecule has 0 saturated heterocycles. The first-order valence-electron chi connectivity index (χ1n) is 14.1. The van der Waals surface area contributed by atoms with Crippen molar-refractivity contribution in [3.05, 3.63) is 11.6 Å². The number of allylic oxidation sites excluding steroid dienone is 1. The van der Waals surface area contributed by atoms with Gasteiger partial charge in [-0.2, -0.15) is 0 Å². The summed E-state index contributed by atoms with van der Waals surface area (Å²) in [7, 11) is 0. The highest BCUT2D eigenvalue weighted by molar-refractivity contribution is 5.77. The average Bonchev–Trinajstić information content (AvgIpc) is 2.80. The minimum Gasteiger partial charge on any atom is -0.481 e. The van der Waals surface area contributed by atoms with E-state index in [1.165, 1.54) is 0 Å². The first kappa shape index (κ1) is 26.6. The molecule has 5 aliphatic rings. The molecule has 0 radical (unpaired) electrons. The summed E-state index contributed by atoms with van der Waals surface area (Å²) in [5.74, 6) is -0.833. The summed E-state index contributed by atoms with van der Waals surface area (Å²) in [5.41, 5.74) is -1.50. The molecule has 204 valence electrons. The lowest BCUT2D eigenvalue weighted by atomic mass is 9.33. The van der Waals surface area contributed by atoms with Gasteiger partial charge in [0.05, 0.1) is 30.3 Å². The van der Waals surface area contributed by atoms with Gasteiger partial charge in [-0.1, -0.05) is 53.2 Å². The van der Waals surface area contributed by atoms with Gasteiger partial charge in [0.15, 0.2) is 0 Å². The van der Waals surface area contributed by atoms with Crippen LogP contribution < -0.4 is 0 Å². The van der Waals surface area contributed by atoms with Gasteiger partial charge in [-0.25, -0.2) is 0 Å². The Labute approximate surface area is 216 Å². The Morgan fingerprint density at radius 1 is 0.917 bits per heavy atom. The fraction of sp³-hybridized carbons (Fsp3) is 0.900. The van der Waals surface area contributed by atoms with Crippen LogP contribution in [0.3, 0.4) is 0 Å². The van der Waals surface area contributed by atoms with Crippen LogP contribution in [0.5, 0.6) is 0 Å². The van der Waals surface area contributed by atoms with Crippen LogP contribution >= 0.6 is 0 Å². The number of carbonyl (C=O) groups is 1. The quantitative estimate of drug-likeness (QED) is 0.361. The van der Waals surface area contributed by atoms with E-state index < -0.39 is 35.1 Å². The van der Waals surface area contributed by atoms with E-state index in [0.717, 1.165) is 31.3 Å². The summed E-state index contributed by atoms with van der Waals surface area (Å²) in [6.45, 7) is 12.9. The number of hydrogen-bond donors (Lipinski definition) is 5. The Hall–Kier alpha value is -0.950. The molecule has 0 heterocycles. The van der Waals surface area contributed by atoms with Gasteiger partial charge in [0.25, 0.3) is 0 Å². The molecule has 0 aliphatic heterocycles. The van der Waals surface area contributed by atoms with Crippen LogP contribution in [-0.4, -0.2) is 56.4 Å². The third-order valence-electron chi connectivity index (χ3n) is 13.4. The van der Waals surface area contributed by atoms with Crippen LogP contribution in [0.15, 0.2) is 11.6 Å². The second-order valence-electron chi connectivity index (χ2n) is 15.0. The van der Waals surface area contributed by atoms with Gasteiger partial charge in [0.1, 0.15) is 0 Å². The fourth-order valence-corrected chi connectivity index (χ4v) is 10.8. The standard InChI is InChI=1S/C30H48O6/c1-25(2)11-13-30(24(35)36)14-12-28(5)17(21(30)23(25)34)7-8-20-26(3)15-18(32)22(33)27(4,16-31)19(26)9-10-29(20,28)6/h7,18-23,31-34H,8-16H2,1-6H3,(H,35,36)/t18-,19-,20-,21-,22+,23+,26+,27-,28-,29-,30+/m1/s1. The highest BCUT2D eigenvalue weighted by atomic mass is 16.4. The molecule has 5 N–H and O–H groups in total. The van der Waals surface area contributed by atoms with E-state index in [1.807, 2.05) is 6.92 Å². The van der Waals surface area contributed by atoms with Crippen molar-refractivity contribution in [3.63, 3.8) is 0 Å². The fourth-order valence-electron chi connectivity index (χ4n) is 10.8. The van der Waals surface area contributed by atoms with Gasteiger partial charge in [0, 0.05) is 11.3 Å². The van der Waals surface area contributed by atoms with E-state index in [9.17, 15) is 30.3 Å². The first-order chi connectivity index (χ1) is 16.5. The lowest BCUT2D eigenvalue weighted by molar-refractivity contribution is -0.245. The minimum atomic E-state index is -0.944. The van der Waals surface area contributed by atoms with Gasteiger partial charge in [-0.05, 0) is 84.9 Å². The maximum Gasteiger partial charge on any atom is 0.310 e. The molecular weight excluding hydrogens is 456 g/mol. The predicted octanol–water partition coefficient (Wildman–Crippen LogP) is 4.15. The van der Waals surface area contributed by atoms with Crippen molar-refractivity contribution in [2.75, 3.05) is 6.61 Å². The van der Waals surface area contributed by atoms with Gasteiger partial charge < -0.3 is 25.5 Å². The molecule has 0 aromatic heterocycles. The number of aliphatic hydroxyl groups excluding tert-OH is 4. The van der Waals surface area contributed by atoms with Crippen LogP contribution in [0.4, 0.5) is 0 Å². The highest BCUT2D eigenvalue weighted by Gasteiger charge is 2.71. The van der Waals surface area contributed by atoms with E-state index in [4.69, 9.17) is 0 Å². The number of carboxylic acids is 1. The largest absolute Gasteiger partial charge is 0.481 e. The van der Waals surface area contributed by atoms with Crippen LogP contribution in [0.1, 0.15) is 92.9 Å². The second-order valence-corrected chi connectivity index (χ2v) is 15.0. The molecular formula is C30H48O6. The molecule has 0 bridgehead atoms. The topological polar surface area (TPSA) is 118 Å². The molecule has 36 heavy (non-hydrogen) atoms.